The highest BCUT2D eigenvalue weighted by molar-refractivity contribution is 7.91. The fourth-order valence-electron chi connectivity index (χ4n) is 8.20. The number of allylic oxidation sites excluding steroid dienone is 1. The van der Waals surface area contributed by atoms with E-state index in [9.17, 15) is 32.4 Å². The fraction of sp³-hybridized carbons (Fsp3) is 0.590. The van der Waals surface area contributed by atoms with Crippen LogP contribution in [0.3, 0.4) is 0 Å². The minimum atomic E-state index is -3.90. The molecule has 1 aromatic heterocycles. The Balaban J connectivity index is 1.17. The third-order valence-electron chi connectivity index (χ3n) is 11.2. The van der Waals surface area contributed by atoms with Crippen LogP contribution in [0.15, 0.2) is 53.2 Å². The minimum absolute atomic E-state index is 0.116. The quantitative estimate of drug-likeness (QED) is 0.312. The number of carbonyl (C=O) groups is 5. The summed E-state index contributed by atoms with van der Waals surface area (Å²) in [5, 5.41) is 2.29. The number of rotatable bonds is 7. The smallest absolute Gasteiger partial charge is 0.307 e. The average molecular weight is 764 g/mol. The van der Waals surface area contributed by atoms with Crippen molar-refractivity contribution in [2.24, 2.45) is 23.7 Å². The van der Waals surface area contributed by atoms with E-state index in [1.807, 2.05) is 42.5 Å². The van der Waals surface area contributed by atoms with Crippen molar-refractivity contribution in [2.45, 2.75) is 101 Å². The second-order valence-electron chi connectivity index (χ2n) is 16.5. The number of amides is 4. The van der Waals surface area contributed by atoms with E-state index in [0.29, 0.717) is 43.6 Å². The van der Waals surface area contributed by atoms with Gasteiger partial charge in [-0.25, -0.2) is 13.4 Å². The summed E-state index contributed by atoms with van der Waals surface area (Å²) in [6.45, 7) is 5.83. The van der Waals surface area contributed by atoms with Gasteiger partial charge in [0, 0.05) is 48.9 Å². The van der Waals surface area contributed by atoms with E-state index in [4.69, 9.17) is 9.15 Å². The first-order valence-corrected chi connectivity index (χ1v) is 20.6. The van der Waals surface area contributed by atoms with Gasteiger partial charge >= 0.3 is 5.97 Å². The molecule has 2 saturated heterocycles. The molecule has 2 aliphatic carbocycles. The molecule has 2 aromatic rings. The highest BCUT2D eigenvalue weighted by atomic mass is 32.2. The highest BCUT2D eigenvalue weighted by Gasteiger charge is 2.63. The van der Waals surface area contributed by atoms with E-state index in [0.717, 1.165) is 12.8 Å². The molecular formula is C39H49N5O9S. The number of sulfonamides is 1. The molecule has 2 N–H and O–H groups in total. The van der Waals surface area contributed by atoms with Crippen LogP contribution in [0, 0.1) is 23.7 Å². The molecule has 4 amide bonds. The van der Waals surface area contributed by atoms with Gasteiger partial charge in [0.25, 0.3) is 11.8 Å². The maximum Gasteiger partial charge on any atom is 0.307 e. The van der Waals surface area contributed by atoms with Gasteiger partial charge in [0.1, 0.15) is 23.4 Å². The molecule has 5 aliphatic rings. The normalized spacial score (nSPS) is 29.5. The lowest BCUT2D eigenvalue weighted by molar-refractivity contribution is -0.159. The molecule has 4 fully saturated rings. The Kier molecular flexibility index (Phi) is 10.2. The molecule has 290 valence electrons. The van der Waals surface area contributed by atoms with Crippen molar-refractivity contribution in [3.63, 3.8) is 0 Å². The number of fused-ring (bicyclic) bond motifs is 4. The summed E-state index contributed by atoms with van der Waals surface area (Å²) in [6.07, 6.45) is 9.56. The second kappa shape index (κ2) is 14.6. The summed E-state index contributed by atoms with van der Waals surface area (Å²) in [6, 6.07) is 8.11. The van der Waals surface area contributed by atoms with Crippen molar-refractivity contribution in [1.29, 1.82) is 0 Å². The first-order valence-electron chi connectivity index (χ1n) is 19.0. The van der Waals surface area contributed by atoms with E-state index in [-0.39, 0.29) is 55.9 Å². The zero-order valence-electron chi connectivity index (χ0n) is 31.0. The molecule has 2 saturated carbocycles. The zero-order chi connectivity index (χ0) is 38.4. The molecule has 0 unspecified atom stereocenters. The van der Waals surface area contributed by atoms with Crippen molar-refractivity contribution in [3.05, 3.63) is 54.4 Å². The van der Waals surface area contributed by atoms with E-state index >= 15 is 0 Å². The van der Waals surface area contributed by atoms with Gasteiger partial charge < -0.3 is 24.3 Å². The number of nitrogens with one attached hydrogen (secondary N) is 2. The standard InChI is InChI=1S/C39H49N5O9S/c1-38(2,3)53-31(45)18-25-14-8-5-4-6-11-15-27-19-39(27,37(49)42-54(50,51)28-16-17-28)41-33(46)32-29-22-43(20-26(29)21-44(32)35(25)47)36(48)30-23-52-34(40-30)24-12-9-7-10-13-24/h7,9-13,15,23,25-29,32H,4-6,8,14,16-22H2,1-3H3,(H,41,46)(H,42,49)/b15-11-/t25-,26+,27-,29+,32+,39-/m1/s1. The number of ether oxygens (including phenoxy) is 1. The maximum atomic E-state index is 14.6. The molecule has 1 aromatic carbocycles. The number of hydrogen-bond acceptors (Lipinski definition) is 10. The van der Waals surface area contributed by atoms with Crippen LogP contribution in [0.1, 0.15) is 89.0 Å². The Hall–Kier alpha value is -4.53. The first kappa shape index (κ1) is 37.8. The maximum absolute atomic E-state index is 14.6. The van der Waals surface area contributed by atoms with Crippen LogP contribution in [0.4, 0.5) is 0 Å². The number of hydrogen-bond donors (Lipinski definition) is 2. The Morgan fingerprint density at radius 1 is 1.04 bits per heavy atom. The lowest BCUT2D eigenvalue weighted by Crippen LogP contribution is -2.58. The number of aromatic nitrogens is 1. The van der Waals surface area contributed by atoms with Crippen LogP contribution in [-0.4, -0.2) is 94.9 Å². The minimum Gasteiger partial charge on any atom is -0.460 e. The highest BCUT2D eigenvalue weighted by Crippen LogP contribution is 2.47. The molecular weight excluding hydrogens is 715 g/mol. The van der Waals surface area contributed by atoms with Crippen LogP contribution in [-0.2, 0) is 33.9 Å². The Bertz CT molecular complexity index is 1940. The molecule has 6 atom stereocenters. The van der Waals surface area contributed by atoms with Gasteiger partial charge in [-0.15, -0.1) is 0 Å². The van der Waals surface area contributed by atoms with E-state index in [1.165, 1.54) is 11.2 Å². The van der Waals surface area contributed by atoms with Crippen molar-refractivity contribution in [1.82, 2.24) is 24.8 Å². The van der Waals surface area contributed by atoms with Gasteiger partial charge in [0.2, 0.25) is 27.7 Å². The van der Waals surface area contributed by atoms with Gasteiger partial charge in [-0.3, -0.25) is 28.7 Å². The van der Waals surface area contributed by atoms with Crippen LogP contribution in [0.2, 0.25) is 0 Å². The summed E-state index contributed by atoms with van der Waals surface area (Å²) >= 11 is 0. The Morgan fingerprint density at radius 3 is 2.52 bits per heavy atom. The monoisotopic (exact) mass is 763 g/mol. The lowest BCUT2D eigenvalue weighted by Gasteiger charge is -2.32. The third-order valence-corrected chi connectivity index (χ3v) is 13.0. The summed E-state index contributed by atoms with van der Waals surface area (Å²) in [7, 11) is -3.90. The molecule has 7 rings (SSSR count). The van der Waals surface area contributed by atoms with Crippen molar-refractivity contribution < 1.29 is 41.5 Å². The molecule has 0 bridgehead atoms. The summed E-state index contributed by atoms with van der Waals surface area (Å²) < 4.78 is 39.2. The largest absolute Gasteiger partial charge is 0.460 e. The van der Waals surface area contributed by atoms with Crippen LogP contribution < -0.4 is 10.0 Å². The van der Waals surface area contributed by atoms with E-state index in [1.54, 1.807) is 25.7 Å². The Morgan fingerprint density at radius 2 is 1.80 bits per heavy atom. The number of esters is 1. The number of nitrogens with zero attached hydrogens (tertiary/aromatic N) is 3. The van der Waals surface area contributed by atoms with Crippen LogP contribution >= 0.6 is 0 Å². The Labute approximate surface area is 315 Å². The molecule has 0 radical (unpaired) electrons. The van der Waals surface area contributed by atoms with Crippen molar-refractivity contribution in [2.75, 3.05) is 19.6 Å². The summed E-state index contributed by atoms with van der Waals surface area (Å²) in [4.78, 5) is 77.4. The van der Waals surface area contributed by atoms with Gasteiger partial charge in [0.15, 0.2) is 5.69 Å². The SMILES string of the molecule is CC(C)(C)OC(=O)C[C@H]1CCCCC/C=C\[C@@H]2C[C@@]2(C(=O)NS(=O)(=O)C2CC2)NC(=O)[C@@H]2[C@H]3CN(C(=O)c4coc(-c5ccccc5)n4)C[C@H]3CN2C1=O. The molecule has 0 spiro atoms. The number of oxazole rings is 1. The van der Waals surface area contributed by atoms with Crippen molar-refractivity contribution >= 4 is 39.6 Å². The third kappa shape index (κ3) is 7.96. The first-order chi connectivity index (χ1) is 25.6. The number of carbonyl (C=O) groups excluding carboxylic acids is 5. The van der Waals surface area contributed by atoms with Crippen LogP contribution in [0.5, 0.6) is 0 Å². The molecule has 15 heteroatoms. The van der Waals surface area contributed by atoms with Crippen molar-refractivity contribution in [3.8, 4) is 11.5 Å². The molecule has 3 aliphatic heterocycles. The van der Waals surface area contributed by atoms with Gasteiger partial charge in [-0.2, -0.15) is 0 Å². The topological polar surface area (TPSA) is 185 Å². The average Bonchev–Trinajstić information content (AvgIpc) is 3.93. The summed E-state index contributed by atoms with van der Waals surface area (Å²) in [5.41, 5.74) is -1.43. The molecule has 54 heavy (non-hydrogen) atoms. The predicted octanol–water partition coefficient (Wildman–Crippen LogP) is 3.59. The lowest BCUT2D eigenvalue weighted by atomic mass is 9.92. The van der Waals surface area contributed by atoms with Gasteiger partial charge in [0.05, 0.1) is 11.7 Å². The number of likely N-dealkylation sites (tertiary alicyclic amines) is 1. The molecule has 14 nitrogen and oxygen atoms in total. The van der Waals surface area contributed by atoms with Gasteiger partial charge in [-0.1, -0.05) is 43.2 Å². The molecule has 4 heterocycles. The van der Waals surface area contributed by atoms with E-state index in [2.05, 4.69) is 15.0 Å². The second-order valence-corrected chi connectivity index (χ2v) is 18.4. The zero-order valence-corrected chi connectivity index (χ0v) is 31.8. The van der Waals surface area contributed by atoms with Gasteiger partial charge in [-0.05, 0) is 71.4 Å². The van der Waals surface area contributed by atoms with Crippen LogP contribution in [0.25, 0.3) is 11.5 Å². The number of benzene rings is 1. The van der Waals surface area contributed by atoms with E-state index < -0.39 is 68.0 Å². The summed E-state index contributed by atoms with van der Waals surface area (Å²) in [5.74, 6) is -4.29. The fourth-order valence-corrected chi connectivity index (χ4v) is 9.56. The predicted molar refractivity (Wildman–Crippen MR) is 196 cm³/mol.